The van der Waals surface area contributed by atoms with Gasteiger partial charge in [-0.2, -0.15) is 42.5 Å². The zero-order chi connectivity index (χ0) is 19.2. The minimum atomic E-state index is 0. The molecule has 0 aromatic heterocycles. The summed E-state index contributed by atoms with van der Waals surface area (Å²) in [6.07, 6.45) is 10.0. The molecule has 29 heavy (non-hydrogen) atoms. The van der Waals surface area contributed by atoms with E-state index in [1.165, 1.54) is 45.8 Å². The number of allylic oxidation sites excluding steroid dienone is 4. The van der Waals surface area contributed by atoms with Gasteiger partial charge in [0.2, 0.25) is 0 Å². The molecule has 0 saturated carbocycles. The van der Waals surface area contributed by atoms with Crippen LogP contribution in [-0.4, -0.2) is 3.71 Å². The van der Waals surface area contributed by atoms with E-state index in [4.69, 9.17) is 0 Å². The van der Waals surface area contributed by atoms with Gasteiger partial charge in [0.05, 0.1) is 0 Å². The van der Waals surface area contributed by atoms with Gasteiger partial charge in [-0.25, -0.2) is 12.2 Å². The largest absolute Gasteiger partial charge is 0.273 e. The maximum Gasteiger partial charge on any atom is -0.0771 e. The predicted molar refractivity (Wildman–Crippen MR) is 130 cm³/mol. The third-order valence-corrected chi connectivity index (χ3v) is 3.72. The van der Waals surface area contributed by atoms with E-state index >= 15 is 0 Å². The van der Waals surface area contributed by atoms with Crippen LogP contribution >= 0.6 is 24.8 Å². The van der Waals surface area contributed by atoms with E-state index in [2.05, 4.69) is 76.5 Å². The Morgan fingerprint density at radius 3 is 1.66 bits per heavy atom. The van der Waals surface area contributed by atoms with Crippen LogP contribution in [0.2, 0.25) is 0 Å². The number of halogens is 2. The molecule has 4 aromatic rings. The molecule has 0 aliphatic heterocycles. The summed E-state index contributed by atoms with van der Waals surface area (Å²) in [6.45, 7) is 2.04. The summed E-state index contributed by atoms with van der Waals surface area (Å²) < 4.78 is 2.09. The minimum Gasteiger partial charge on any atom is -0.273 e. The standard InChI is InChI=1S/C13H9.C6H5.C5H5.C2H4.2ClH.Zr/c1-3-7-12-10(5-1)9-11-6-2-4-8-13(11)12;1-2-4-6-5-3-1;1-2-4-5-3-1;1-2;;;/h1-9H;1-5H;1-3H,4H2;1H,2H3;2*1H;/q3*-1;;;;. The third kappa shape index (κ3) is 10.1. The van der Waals surface area contributed by atoms with E-state index < -0.39 is 0 Å². The van der Waals surface area contributed by atoms with Gasteiger partial charge in [-0.05, 0) is 0 Å². The average molecular weight is 500 g/mol. The third-order valence-electron chi connectivity index (χ3n) is 3.72. The molecular formula is C26H25Cl2Zr-3. The zero-order valence-corrected chi connectivity index (χ0v) is 20.5. The van der Waals surface area contributed by atoms with E-state index in [1.54, 1.807) is 0 Å². The number of hydrogen-bond donors (Lipinski definition) is 0. The second-order valence-electron chi connectivity index (χ2n) is 5.69. The number of rotatable bonds is 0. The Kier molecular flexibility index (Phi) is 16.2. The fraction of sp³-hybridized carbons (Fsp3) is 0.0769. The molecular weight excluding hydrogens is 474 g/mol. The molecule has 0 heterocycles. The van der Waals surface area contributed by atoms with Crippen molar-refractivity contribution in [3.63, 3.8) is 0 Å². The first kappa shape index (κ1) is 27.3. The van der Waals surface area contributed by atoms with Gasteiger partial charge in [0.15, 0.2) is 0 Å². The minimum absolute atomic E-state index is 0. The summed E-state index contributed by atoms with van der Waals surface area (Å²) in [4.78, 5) is 0. The molecule has 0 radical (unpaired) electrons. The SMILES string of the molecule is C[CH]=[Zr].Cl.Cl.[C-]1=CC=CC1.[c-]1ccccc1.c1ccc2c(c1)[cH-]c1ccccc12. The molecule has 5 rings (SSSR count). The number of hydrogen-bond acceptors (Lipinski definition) is 0. The van der Waals surface area contributed by atoms with Crippen LogP contribution in [0.25, 0.3) is 21.5 Å². The Morgan fingerprint density at radius 2 is 1.34 bits per heavy atom. The molecule has 1 aliphatic carbocycles. The van der Waals surface area contributed by atoms with Crippen molar-refractivity contribution in [2.24, 2.45) is 0 Å². The maximum atomic E-state index is 2.99. The molecule has 0 amide bonds. The summed E-state index contributed by atoms with van der Waals surface area (Å²) in [5.74, 6) is 0. The van der Waals surface area contributed by atoms with Gasteiger partial charge >= 0.3 is 34.9 Å². The number of fused-ring (bicyclic) bond motifs is 3. The van der Waals surface area contributed by atoms with Crippen LogP contribution in [0, 0.1) is 12.1 Å². The Morgan fingerprint density at radius 1 is 0.828 bits per heavy atom. The molecule has 0 bridgehead atoms. The van der Waals surface area contributed by atoms with Crippen molar-refractivity contribution in [2.75, 3.05) is 0 Å². The van der Waals surface area contributed by atoms with Gasteiger partial charge in [-0.1, -0.05) is 36.4 Å². The fourth-order valence-corrected chi connectivity index (χ4v) is 2.59. The van der Waals surface area contributed by atoms with Crippen LogP contribution in [0.4, 0.5) is 0 Å². The molecule has 0 spiro atoms. The second kappa shape index (κ2) is 17.2. The van der Waals surface area contributed by atoms with Crippen molar-refractivity contribution in [1.82, 2.24) is 0 Å². The summed E-state index contributed by atoms with van der Waals surface area (Å²) >= 11 is 1.51. The van der Waals surface area contributed by atoms with Gasteiger partial charge < -0.3 is 0 Å². The number of benzene rings is 3. The predicted octanol–water partition coefficient (Wildman–Crippen LogP) is 7.70. The first-order chi connectivity index (χ1) is 13.4. The molecule has 0 fully saturated rings. The normalized spacial score (nSPS) is 10.1. The molecule has 3 heteroatoms. The fourth-order valence-electron chi connectivity index (χ4n) is 2.59. The van der Waals surface area contributed by atoms with Crippen molar-refractivity contribution in [1.29, 1.82) is 0 Å². The van der Waals surface area contributed by atoms with E-state index in [9.17, 15) is 0 Å². The van der Waals surface area contributed by atoms with Gasteiger partial charge in [-0.3, -0.25) is 6.08 Å². The van der Waals surface area contributed by atoms with Gasteiger partial charge in [0, 0.05) is 0 Å². The molecule has 1 aliphatic rings. The van der Waals surface area contributed by atoms with Gasteiger partial charge in [-0.15, -0.1) is 71.0 Å². The van der Waals surface area contributed by atoms with Gasteiger partial charge in [0.25, 0.3) is 0 Å². The summed E-state index contributed by atoms with van der Waals surface area (Å²) in [7, 11) is 0. The molecule has 0 atom stereocenters. The van der Waals surface area contributed by atoms with E-state index in [0.717, 1.165) is 6.42 Å². The Bertz CT molecular complexity index is 898. The van der Waals surface area contributed by atoms with Gasteiger partial charge in [0.1, 0.15) is 0 Å². The van der Waals surface area contributed by atoms with Crippen LogP contribution in [0.5, 0.6) is 0 Å². The van der Waals surface area contributed by atoms with Crippen molar-refractivity contribution < 1.29 is 24.2 Å². The van der Waals surface area contributed by atoms with Crippen LogP contribution in [-0.2, 0) is 24.2 Å². The summed E-state index contributed by atoms with van der Waals surface area (Å²) in [6, 6.07) is 31.8. The van der Waals surface area contributed by atoms with Crippen molar-refractivity contribution in [2.45, 2.75) is 13.3 Å². The Labute approximate surface area is 201 Å². The first-order valence-electron chi connectivity index (χ1n) is 8.98. The monoisotopic (exact) mass is 497 g/mol. The van der Waals surface area contributed by atoms with Crippen molar-refractivity contribution in [3.05, 3.63) is 115 Å². The van der Waals surface area contributed by atoms with Crippen molar-refractivity contribution in [3.8, 4) is 0 Å². The second-order valence-corrected chi connectivity index (χ2v) is 7.11. The molecule has 0 nitrogen and oxygen atoms in total. The quantitative estimate of drug-likeness (QED) is 0.218. The van der Waals surface area contributed by atoms with Crippen LogP contribution in [0.15, 0.2) is 103 Å². The molecule has 0 N–H and O–H groups in total. The first-order valence-corrected chi connectivity index (χ1v) is 10.4. The molecule has 4 aromatic carbocycles. The van der Waals surface area contributed by atoms with E-state index in [-0.39, 0.29) is 24.8 Å². The van der Waals surface area contributed by atoms with E-state index in [0.29, 0.717) is 0 Å². The Hall–Kier alpha value is -1.66. The van der Waals surface area contributed by atoms with E-state index in [1.807, 2.05) is 49.4 Å². The maximum absolute atomic E-state index is 2.99. The topological polar surface area (TPSA) is 0 Å². The van der Waals surface area contributed by atoms with Crippen molar-refractivity contribution >= 4 is 50.1 Å². The molecule has 150 valence electrons. The van der Waals surface area contributed by atoms with Crippen LogP contribution in [0.3, 0.4) is 0 Å². The summed E-state index contributed by atoms with van der Waals surface area (Å²) in [5, 5.41) is 5.39. The zero-order valence-electron chi connectivity index (χ0n) is 16.4. The molecule has 0 unspecified atom stereocenters. The smallest absolute Gasteiger partial charge is 0.0771 e. The van der Waals surface area contributed by atoms with Crippen LogP contribution < -0.4 is 0 Å². The Balaban J connectivity index is 0.000000415. The average Bonchev–Trinajstić information content (AvgIpc) is 3.42. The molecule has 0 saturated heterocycles. The summed E-state index contributed by atoms with van der Waals surface area (Å²) in [5.41, 5.74) is 0. The van der Waals surface area contributed by atoms with Crippen LogP contribution in [0.1, 0.15) is 13.3 Å².